The lowest BCUT2D eigenvalue weighted by Gasteiger charge is -2.17. The van der Waals surface area contributed by atoms with Crippen molar-refractivity contribution in [1.29, 1.82) is 0 Å². The van der Waals surface area contributed by atoms with Crippen molar-refractivity contribution in [2.24, 2.45) is 5.92 Å². The minimum Gasteiger partial charge on any atom is -0.312 e. The molecule has 1 saturated carbocycles. The van der Waals surface area contributed by atoms with Gasteiger partial charge in [0, 0.05) is 29.2 Å². The van der Waals surface area contributed by atoms with E-state index in [1.54, 1.807) is 5.56 Å². The van der Waals surface area contributed by atoms with Crippen LogP contribution in [0.2, 0.25) is 0 Å². The van der Waals surface area contributed by atoms with Crippen LogP contribution in [0.4, 0.5) is 0 Å². The van der Waals surface area contributed by atoms with Crippen molar-refractivity contribution >= 4 is 21.4 Å². The Kier molecular flexibility index (Phi) is 4.94. The second-order valence-electron chi connectivity index (χ2n) is 6.32. The molecule has 2 aromatic rings. The van der Waals surface area contributed by atoms with Crippen molar-refractivity contribution in [2.45, 2.75) is 39.3 Å². The van der Waals surface area contributed by atoms with Crippen LogP contribution in [0.1, 0.15) is 36.6 Å². The van der Waals surface area contributed by atoms with Gasteiger partial charge in [-0.3, -0.25) is 0 Å². The van der Waals surface area contributed by atoms with Crippen molar-refractivity contribution in [3.63, 3.8) is 0 Å². The second kappa shape index (κ2) is 6.91. The highest BCUT2D eigenvalue weighted by molar-refractivity contribution is 7.19. The number of fused-ring (bicyclic) bond motifs is 1. The molecule has 3 heteroatoms. The molecule has 0 radical (unpaired) electrons. The predicted octanol–water partition coefficient (Wildman–Crippen LogP) is 4.24. The second-order valence-corrected chi connectivity index (χ2v) is 7.45. The van der Waals surface area contributed by atoms with Crippen LogP contribution in [-0.2, 0) is 13.1 Å². The number of nitrogens with one attached hydrogen (secondary N) is 1. The zero-order chi connectivity index (χ0) is 14.7. The van der Waals surface area contributed by atoms with Gasteiger partial charge in [0.05, 0.1) is 0 Å². The predicted molar refractivity (Wildman–Crippen MR) is 92.9 cm³/mol. The van der Waals surface area contributed by atoms with Crippen molar-refractivity contribution in [1.82, 2.24) is 10.2 Å². The number of hydrogen-bond donors (Lipinski definition) is 1. The minimum atomic E-state index is 0.960. The largest absolute Gasteiger partial charge is 0.312 e. The van der Waals surface area contributed by atoms with E-state index in [2.05, 4.69) is 48.5 Å². The smallest absolute Gasteiger partial charge is 0.0349 e. The summed E-state index contributed by atoms with van der Waals surface area (Å²) in [6.07, 6.45) is 4.06. The molecule has 1 N–H and O–H groups in total. The summed E-state index contributed by atoms with van der Waals surface area (Å²) in [7, 11) is 2.27. The molecule has 1 heterocycles. The molecule has 2 nitrogen and oxygen atoms in total. The van der Waals surface area contributed by atoms with E-state index in [-0.39, 0.29) is 0 Å². The molecule has 21 heavy (non-hydrogen) atoms. The van der Waals surface area contributed by atoms with Crippen molar-refractivity contribution in [3.05, 3.63) is 34.7 Å². The fourth-order valence-corrected chi connectivity index (χ4v) is 4.11. The Labute approximate surface area is 132 Å². The molecule has 1 aliphatic carbocycles. The Morgan fingerprint density at radius 1 is 1.29 bits per heavy atom. The molecule has 3 rings (SSSR count). The third-order valence-corrected chi connectivity index (χ3v) is 5.40. The molecule has 0 spiro atoms. The van der Waals surface area contributed by atoms with Crippen molar-refractivity contribution in [3.8, 4) is 0 Å². The number of rotatable bonds is 8. The van der Waals surface area contributed by atoms with Gasteiger partial charge in [0.1, 0.15) is 0 Å². The molecule has 0 unspecified atom stereocenters. The van der Waals surface area contributed by atoms with Gasteiger partial charge in [0.2, 0.25) is 0 Å². The summed E-state index contributed by atoms with van der Waals surface area (Å²) >= 11 is 1.96. The van der Waals surface area contributed by atoms with E-state index in [1.807, 2.05) is 11.3 Å². The van der Waals surface area contributed by atoms with E-state index in [0.717, 1.165) is 25.6 Å². The third kappa shape index (κ3) is 3.85. The first-order valence-corrected chi connectivity index (χ1v) is 8.98. The molecule has 1 aromatic heterocycles. The van der Waals surface area contributed by atoms with Gasteiger partial charge in [0.25, 0.3) is 0 Å². The summed E-state index contributed by atoms with van der Waals surface area (Å²) in [5.41, 5.74) is 1.54. The van der Waals surface area contributed by atoms with E-state index >= 15 is 0 Å². The molecule has 0 aliphatic heterocycles. The van der Waals surface area contributed by atoms with Gasteiger partial charge in [-0.15, -0.1) is 11.3 Å². The van der Waals surface area contributed by atoms with Gasteiger partial charge in [-0.1, -0.05) is 25.1 Å². The SMILES string of the molecule is CCCNCc1sc2ccccc2c1CN(C)CC1CC1. The van der Waals surface area contributed by atoms with Gasteiger partial charge in [-0.25, -0.2) is 0 Å². The Morgan fingerprint density at radius 3 is 2.86 bits per heavy atom. The van der Waals surface area contributed by atoms with Crippen molar-refractivity contribution in [2.75, 3.05) is 20.1 Å². The van der Waals surface area contributed by atoms with Crippen LogP contribution in [0.5, 0.6) is 0 Å². The molecule has 1 aromatic carbocycles. The molecule has 1 aliphatic rings. The molecule has 0 amide bonds. The van der Waals surface area contributed by atoms with Crippen LogP contribution in [-0.4, -0.2) is 25.0 Å². The maximum absolute atomic E-state index is 3.57. The Bertz CT molecular complexity index is 586. The third-order valence-electron chi connectivity index (χ3n) is 4.19. The summed E-state index contributed by atoms with van der Waals surface area (Å²) in [5.74, 6) is 0.960. The van der Waals surface area contributed by atoms with E-state index in [0.29, 0.717) is 0 Å². The minimum absolute atomic E-state index is 0.960. The highest BCUT2D eigenvalue weighted by Gasteiger charge is 2.23. The highest BCUT2D eigenvalue weighted by atomic mass is 32.1. The van der Waals surface area contributed by atoms with Crippen LogP contribution < -0.4 is 5.32 Å². The Morgan fingerprint density at radius 2 is 2.10 bits per heavy atom. The summed E-state index contributed by atoms with van der Waals surface area (Å²) in [6.45, 7) is 6.68. The fraction of sp³-hybridized carbons (Fsp3) is 0.556. The van der Waals surface area contributed by atoms with E-state index in [9.17, 15) is 0 Å². The molecule has 1 fully saturated rings. The molecule has 0 atom stereocenters. The first kappa shape index (κ1) is 15.0. The molecule has 0 bridgehead atoms. The van der Waals surface area contributed by atoms with E-state index < -0.39 is 0 Å². The van der Waals surface area contributed by atoms with Crippen molar-refractivity contribution < 1.29 is 0 Å². The van der Waals surface area contributed by atoms with Gasteiger partial charge in [-0.05, 0) is 55.8 Å². The topological polar surface area (TPSA) is 15.3 Å². The first-order chi connectivity index (χ1) is 10.3. The summed E-state index contributed by atoms with van der Waals surface area (Å²) in [6, 6.07) is 8.87. The van der Waals surface area contributed by atoms with E-state index in [4.69, 9.17) is 0 Å². The lowest BCUT2D eigenvalue weighted by atomic mass is 10.1. The Balaban J connectivity index is 1.79. The molecule has 114 valence electrons. The van der Waals surface area contributed by atoms with Gasteiger partial charge >= 0.3 is 0 Å². The lowest BCUT2D eigenvalue weighted by molar-refractivity contribution is 0.313. The van der Waals surface area contributed by atoms with Crippen LogP contribution in [0, 0.1) is 5.92 Å². The zero-order valence-corrected chi connectivity index (χ0v) is 14.0. The number of benzene rings is 1. The number of thiophene rings is 1. The molecular formula is C18H26N2S. The van der Waals surface area contributed by atoms with Gasteiger partial charge in [-0.2, -0.15) is 0 Å². The Hall–Kier alpha value is -0.900. The molecular weight excluding hydrogens is 276 g/mol. The van der Waals surface area contributed by atoms with Crippen LogP contribution in [0.3, 0.4) is 0 Å². The maximum Gasteiger partial charge on any atom is 0.0349 e. The van der Waals surface area contributed by atoms with Crippen LogP contribution >= 0.6 is 11.3 Å². The lowest BCUT2D eigenvalue weighted by Crippen LogP contribution is -2.21. The van der Waals surface area contributed by atoms with Crippen LogP contribution in [0.25, 0.3) is 10.1 Å². The average Bonchev–Trinajstić information content (AvgIpc) is 3.22. The highest BCUT2D eigenvalue weighted by Crippen LogP contribution is 2.34. The number of hydrogen-bond acceptors (Lipinski definition) is 3. The average molecular weight is 302 g/mol. The monoisotopic (exact) mass is 302 g/mol. The van der Waals surface area contributed by atoms with Gasteiger partial charge < -0.3 is 10.2 Å². The molecule has 0 saturated heterocycles. The van der Waals surface area contributed by atoms with Gasteiger partial charge in [0.15, 0.2) is 0 Å². The summed E-state index contributed by atoms with van der Waals surface area (Å²) in [5, 5.41) is 5.03. The zero-order valence-electron chi connectivity index (χ0n) is 13.2. The van der Waals surface area contributed by atoms with Crippen LogP contribution in [0.15, 0.2) is 24.3 Å². The fourth-order valence-electron chi connectivity index (χ4n) is 2.92. The normalized spacial score (nSPS) is 15.2. The number of nitrogens with zero attached hydrogens (tertiary/aromatic N) is 1. The summed E-state index contributed by atoms with van der Waals surface area (Å²) in [4.78, 5) is 4.03. The standard InChI is InChI=1S/C18H26N2S/c1-3-10-19-11-18-16(13-20(2)12-14-8-9-14)15-6-4-5-7-17(15)21-18/h4-7,14,19H,3,8-13H2,1-2H3. The first-order valence-electron chi connectivity index (χ1n) is 8.16. The van der Waals surface area contributed by atoms with E-state index in [1.165, 1.54) is 40.8 Å². The maximum atomic E-state index is 3.57. The summed E-state index contributed by atoms with van der Waals surface area (Å²) < 4.78 is 1.43. The quantitative estimate of drug-likeness (QED) is 0.734.